The van der Waals surface area contributed by atoms with Crippen LogP contribution >= 0.6 is 18.9 Å². The minimum absolute atomic E-state index is 0.111. The number of thiophene rings is 1. The van der Waals surface area contributed by atoms with Gasteiger partial charge in [0.15, 0.2) is 0 Å². The van der Waals surface area contributed by atoms with Gasteiger partial charge in [0.1, 0.15) is 12.1 Å². The van der Waals surface area contributed by atoms with Crippen LogP contribution in [0, 0.1) is 17.2 Å². The van der Waals surface area contributed by atoms with E-state index in [4.69, 9.17) is 0 Å². The van der Waals surface area contributed by atoms with Gasteiger partial charge >= 0.3 is 7.60 Å². The molecule has 1 aromatic carbocycles. The van der Waals surface area contributed by atoms with Gasteiger partial charge in [0.05, 0.1) is 22.4 Å². The van der Waals surface area contributed by atoms with Gasteiger partial charge in [-0.25, -0.2) is 4.39 Å². The van der Waals surface area contributed by atoms with Crippen molar-refractivity contribution in [2.75, 3.05) is 6.54 Å². The highest BCUT2D eigenvalue weighted by molar-refractivity contribution is 7.51. The number of rotatable bonds is 6. The summed E-state index contributed by atoms with van der Waals surface area (Å²) in [4.78, 5) is 68.6. The van der Waals surface area contributed by atoms with Crippen molar-refractivity contribution in [1.29, 1.82) is 5.26 Å². The van der Waals surface area contributed by atoms with Gasteiger partial charge in [-0.2, -0.15) is 5.26 Å². The molecule has 3 aromatic rings. The number of hydrogen-bond donors (Lipinski definition) is 3. The van der Waals surface area contributed by atoms with Crippen LogP contribution in [-0.4, -0.2) is 72.5 Å². The molecule has 3 N–H and O–H groups in total. The quantitative estimate of drug-likeness (QED) is 0.314. The number of nitrogens with zero attached hydrogens (tertiary/aromatic N) is 4. The van der Waals surface area contributed by atoms with Crippen LogP contribution in [0.3, 0.4) is 0 Å². The molecule has 0 radical (unpaired) electrons. The fourth-order valence-corrected chi connectivity index (χ4v) is 9.48. The molecule has 2 unspecified atom stereocenters. The molecule has 2 aromatic heterocycles. The Balaban J connectivity index is 1.11. The lowest BCUT2D eigenvalue weighted by Gasteiger charge is -2.37. The maximum absolute atomic E-state index is 14.4. The number of likely N-dealkylation sites (tertiary alicyclic amines) is 1. The highest BCUT2D eigenvalue weighted by atomic mass is 32.1. The second-order valence-electron chi connectivity index (χ2n) is 13.2. The molecule has 7 rings (SSSR count). The Hall–Kier alpha value is -3.69. The maximum atomic E-state index is 14.4. The predicted octanol–water partition coefficient (Wildman–Crippen LogP) is 4.77. The summed E-state index contributed by atoms with van der Waals surface area (Å²) in [5.41, 5.74) is 0.220. The molecule has 4 aliphatic rings. The predicted molar refractivity (Wildman–Crippen MR) is 171 cm³/mol. The molecule has 5 heterocycles. The standard InChI is InChI=1S/C33H35FN5O6PS/c34-29(46(43,44)45)19-7-10-27-21(14-19)15-28(47-27)30(40)37-25-6-2-1-5-22-8-9-26(39(22)31(25)41)32(42)38-18-23(20-4-3-13-36-17-20)24(16-35)33(38)11-12-33/h3-4,7,10,13-15,17,22-26,29H,1-2,5-6,8-9,11-12,18H2,(H,37,40)(H2,43,44,45)/t22-,23-,24?,25?,26-,29+/m0/s1. The summed E-state index contributed by atoms with van der Waals surface area (Å²) >= 11 is 1.14. The van der Waals surface area contributed by atoms with Crippen molar-refractivity contribution in [2.24, 2.45) is 5.92 Å². The van der Waals surface area contributed by atoms with Crippen LogP contribution in [0.25, 0.3) is 10.1 Å². The molecule has 4 fully saturated rings. The van der Waals surface area contributed by atoms with E-state index in [0.29, 0.717) is 35.9 Å². The molecule has 1 saturated carbocycles. The first kappa shape index (κ1) is 31.9. The van der Waals surface area contributed by atoms with E-state index in [9.17, 15) is 38.4 Å². The van der Waals surface area contributed by atoms with Crippen LogP contribution in [0.2, 0.25) is 0 Å². The molecule has 246 valence electrons. The average Bonchev–Trinajstić information content (AvgIpc) is 3.40. The fourth-order valence-electron chi connectivity index (χ4n) is 7.98. The van der Waals surface area contributed by atoms with Crippen LogP contribution in [0.1, 0.15) is 84.0 Å². The highest BCUT2D eigenvalue weighted by Gasteiger charge is 2.64. The van der Waals surface area contributed by atoms with Gasteiger partial charge < -0.3 is 24.9 Å². The first-order chi connectivity index (χ1) is 22.5. The zero-order valence-electron chi connectivity index (χ0n) is 25.5. The van der Waals surface area contributed by atoms with E-state index in [-0.39, 0.29) is 40.1 Å². The van der Waals surface area contributed by atoms with Crippen molar-refractivity contribution in [3.63, 3.8) is 0 Å². The Bertz CT molecular complexity index is 1820. The van der Waals surface area contributed by atoms with Gasteiger partial charge in [-0.1, -0.05) is 25.0 Å². The molecular formula is C33H35FN5O6PS. The normalized spacial score (nSPS) is 27.6. The topological polar surface area (TPSA) is 164 Å². The number of amides is 3. The molecule has 14 heteroatoms. The van der Waals surface area contributed by atoms with E-state index in [2.05, 4.69) is 16.4 Å². The molecule has 11 nitrogen and oxygen atoms in total. The lowest BCUT2D eigenvalue weighted by atomic mass is 9.85. The zero-order valence-corrected chi connectivity index (χ0v) is 27.2. The summed E-state index contributed by atoms with van der Waals surface area (Å²) < 4.78 is 26.4. The van der Waals surface area contributed by atoms with Crippen molar-refractivity contribution in [3.05, 3.63) is 64.8 Å². The molecule has 47 heavy (non-hydrogen) atoms. The molecule has 3 amide bonds. The van der Waals surface area contributed by atoms with Crippen molar-refractivity contribution >= 4 is 46.7 Å². The van der Waals surface area contributed by atoms with Gasteiger partial charge in [-0.15, -0.1) is 11.3 Å². The Morgan fingerprint density at radius 2 is 1.94 bits per heavy atom. The molecule has 1 aliphatic carbocycles. The number of benzene rings is 1. The zero-order chi connectivity index (χ0) is 33.1. The second-order valence-corrected chi connectivity index (χ2v) is 15.9. The third kappa shape index (κ3) is 5.65. The van der Waals surface area contributed by atoms with Gasteiger partial charge in [0.25, 0.3) is 5.91 Å². The number of carbonyl (C=O) groups is 3. The number of pyridine rings is 1. The summed E-state index contributed by atoms with van der Waals surface area (Å²) in [6.45, 7) is 0.400. The SMILES string of the molecule is N#CC1[C@H](c2cccnc2)CN(C(=O)[C@@H]2CC[C@@H]3CCCCC(NC(=O)c4cc5cc([C@H](F)P(=O)(O)O)ccc5s4)C(=O)N32)C12CC2. The summed E-state index contributed by atoms with van der Waals surface area (Å²) in [5.74, 6) is -3.87. The maximum Gasteiger partial charge on any atom is 0.363 e. The largest absolute Gasteiger partial charge is 0.363 e. The third-order valence-corrected chi connectivity index (χ3v) is 12.4. The third-order valence-electron chi connectivity index (χ3n) is 10.4. The molecule has 3 saturated heterocycles. The number of aromatic nitrogens is 1. The summed E-state index contributed by atoms with van der Waals surface area (Å²) in [5, 5.41) is 13.6. The summed E-state index contributed by atoms with van der Waals surface area (Å²) in [6, 6.07) is 10.3. The summed E-state index contributed by atoms with van der Waals surface area (Å²) in [6.07, 6.45) is 8.95. The molecule has 3 aliphatic heterocycles. The number of hydrogen-bond acceptors (Lipinski definition) is 7. The number of carbonyl (C=O) groups excluding carboxylic acids is 3. The number of nitriles is 1. The Labute approximate surface area is 274 Å². The smallest absolute Gasteiger partial charge is 0.340 e. The van der Waals surface area contributed by atoms with E-state index in [1.807, 2.05) is 17.0 Å². The van der Waals surface area contributed by atoms with Gasteiger partial charge in [0.2, 0.25) is 17.7 Å². The highest BCUT2D eigenvalue weighted by Crippen LogP contribution is 2.58. The van der Waals surface area contributed by atoms with E-state index >= 15 is 0 Å². The van der Waals surface area contributed by atoms with Crippen LogP contribution in [-0.2, 0) is 14.2 Å². The minimum atomic E-state index is -4.99. The minimum Gasteiger partial charge on any atom is -0.340 e. The Morgan fingerprint density at radius 1 is 1.15 bits per heavy atom. The number of halogens is 1. The van der Waals surface area contributed by atoms with Crippen molar-refractivity contribution in [2.45, 2.75) is 86.9 Å². The van der Waals surface area contributed by atoms with Crippen LogP contribution in [0.15, 0.2) is 48.8 Å². The molecule has 1 spiro atoms. The van der Waals surface area contributed by atoms with E-state index in [1.54, 1.807) is 17.3 Å². The van der Waals surface area contributed by atoms with E-state index < -0.39 is 37.0 Å². The lowest BCUT2D eigenvalue weighted by molar-refractivity contribution is -0.148. The van der Waals surface area contributed by atoms with Crippen molar-refractivity contribution < 1.29 is 33.1 Å². The molecule has 6 atom stereocenters. The van der Waals surface area contributed by atoms with Gasteiger partial charge in [0, 0.05) is 35.6 Å². The number of nitrogens with one attached hydrogen (secondary N) is 1. The number of alkyl halides is 1. The molecular weight excluding hydrogens is 644 g/mol. The van der Waals surface area contributed by atoms with Crippen molar-refractivity contribution in [1.82, 2.24) is 20.1 Å². The van der Waals surface area contributed by atoms with Crippen LogP contribution < -0.4 is 5.32 Å². The Morgan fingerprint density at radius 3 is 2.64 bits per heavy atom. The second kappa shape index (κ2) is 12.1. The Kier molecular flexibility index (Phi) is 8.20. The molecule has 0 bridgehead atoms. The van der Waals surface area contributed by atoms with E-state index in [1.165, 1.54) is 24.3 Å². The van der Waals surface area contributed by atoms with Crippen molar-refractivity contribution in [3.8, 4) is 6.07 Å². The van der Waals surface area contributed by atoms with E-state index in [0.717, 1.165) is 49.0 Å². The van der Waals surface area contributed by atoms with Gasteiger partial charge in [-0.05, 0) is 79.3 Å². The van der Waals surface area contributed by atoms with Crippen LogP contribution in [0.4, 0.5) is 4.39 Å². The first-order valence-corrected chi connectivity index (χ1v) is 18.5. The lowest BCUT2D eigenvalue weighted by Crippen LogP contribution is -2.57. The monoisotopic (exact) mass is 679 g/mol. The number of fused-ring (bicyclic) bond motifs is 2. The first-order valence-electron chi connectivity index (χ1n) is 16.0. The summed E-state index contributed by atoms with van der Waals surface area (Å²) in [7, 11) is -4.99. The van der Waals surface area contributed by atoms with Gasteiger partial charge in [-0.3, -0.25) is 23.9 Å². The van der Waals surface area contributed by atoms with Crippen LogP contribution in [0.5, 0.6) is 0 Å². The fraction of sp³-hybridized carbons (Fsp3) is 0.485. The average molecular weight is 680 g/mol.